The number of aliphatic hydroxyl groups excluding tert-OH is 1. The van der Waals surface area contributed by atoms with Crippen molar-refractivity contribution in [3.05, 3.63) is 88.1 Å². The lowest BCUT2D eigenvalue weighted by molar-refractivity contribution is -0.130. The van der Waals surface area contributed by atoms with Gasteiger partial charge in [-0.25, -0.2) is 9.69 Å². The first-order chi connectivity index (χ1) is 21.4. The molecule has 4 rings (SSSR count). The first-order valence-corrected chi connectivity index (χ1v) is 15.7. The van der Waals surface area contributed by atoms with Crippen molar-refractivity contribution >= 4 is 29.4 Å². The number of hydrogen-bond acceptors (Lipinski definition) is 6. The lowest BCUT2D eigenvalue weighted by atomic mass is 9.92. The number of hydrogen-bond donors (Lipinski definition) is 2. The quantitative estimate of drug-likeness (QED) is 0.352. The molecule has 0 spiro atoms. The Labute approximate surface area is 265 Å². The monoisotopic (exact) mass is 615 g/mol. The summed E-state index contributed by atoms with van der Waals surface area (Å²) < 4.78 is 5.69. The number of nitrogens with one attached hydrogen (secondary N) is 1. The number of carbonyl (C=O) groups is 4. The summed E-state index contributed by atoms with van der Waals surface area (Å²) >= 11 is 0. The summed E-state index contributed by atoms with van der Waals surface area (Å²) in [6, 6.07) is 9.38. The van der Waals surface area contributed by atoms with Gasteiger partial charge in [0.05, 0.1) is 23.3 Å². The summed E-state index contributed by atoms with van der Waals surface area (Å²) in [5.41, 5.74) is 4.77. The highest BCUT2D eigenvalue weighted by Gasteiger charge is 2.44. The molecule has 4 atom stereocenters. The zero-order valence-electron chi connectivity index (χ0n) is 27.3. The van der Waals surface area contributed by atoms with Crippen LogP contribution in [-0.4, -0.2) is 52.0 Å². The average molecular weight is 616 g/mol. The SMILES string of the molecule is C/C=C/C1=CN2C(=O)c3cc(C)c(C)cc3N(C(=O)OCc3ccc(CC(=O)[C@H](C)NC(=O)[C@@H](CC)C(C)C)cc3)[C@@H](O)[C@@H]2C1. The number of fused-ring (bicyclic) bond motifs is 2. The van der Waals surface area contributed by atoms with Gasteiger partial charge in [-0.05, 0) is 86.4 Å². The van der Waals surface area contributed by atoms with Crippen LogP contribution in [0.2, 0.25) is 0 Å². The highest BCUT2D eigenvalue weighted by molar-refractivity contribution is 6.06. The van der Waals surface area contributed by atoms with Crippen molar-refractivity contribution in [1.29, 1.82) is 0 Å². The molecule has 9 heteroatoms. The maximum Gasteiger partial charge on any atom is 0.416 e. The fraction of sp³-hybridized carbons (Fsp3) is 0.444. The van der Waals surface area contributed by atoms with Crippen molar-refractivity contribution in [2.45, 2.75) is 92.6 Å². The van der Waals surface area contributed by atoms with E-state index in [4.69, 9.17) is 4.74 Å². The molecule has 0 unspecified atom stereocenters. The molecule has 0 fully saturated rings. The first-order valence-electron chi connectivity index (χ1n) is 15.7. The van der Waals surface area contributed by atoms with Crippen LogP contribution in [0.1, 0.15) is 80.1 Å². The number of benzene rings is 2. The molecule has 3 amide bonds. The molecule has 0 aliphatic carbocycles. The zero-order chi connectivity index (χ0) is 33.0. The Morgan fingerprint density at radius 3 is 2.33 bits per heavy atom. The molecule has 45 heavy (non-hydrogen) atoms. The second-order valence-electron chi connectivity index (χ2n) is 12.4. The normalized spacial score (nSPS) is 19.1. The van der Waals surface area contributed by atoms with Crippen molar-refractivity contribution < 1.29 is 29.0 Å². The largest absolute Gasteiger partial charge is 0.444 e. The van der Waals surface area contributed by atoms with Crippen LogP contribution in [0.4, 0.5) is 10.5 Å². The van der Waals surface area contributed by atoms with Gasteiger partial charge >= 0.3 is 6.09 Å². The van der Waals surface area contributed by atoms with Crippen LogP contribution >= 0.6 is 0 Å². The Balaban J connectivity index is 1.45. The standard InChI is InChI=1S/C36H45N3O6/c1-8-10-27-17-31-35(43)39(30-16-23(6)22(5)15-29(30)34(42)38(31)19-27)36(44)45-20-26-13-11-25(12-14-26)18-32(40)24(7)37-33(41)28(9-2)21(3)4/h8,10-16,19,21,24,28,31,35,43H,9,17-18,20H2,1-7H3,(H,37,41)/b10-8+/t24-,28-,31-,35-/m0/s1. The number of nitrogens with zero attached hydrogens (tertiary/aromatic N) is 2. The lowest BCUT2D eigenvalue weighted by Crippen LogP contribution is -2.50. The molecule has 0 saturated heterocycles. The van der Waals surface area contributed by atoms with Gasteiger partial charge in [-0.3, -0.25) is 14.4 Å². The van der Waals surface area contributed by atoms with Gasteiger partial charge in [0.2, 0.25) is 5.91 Å². The van der Waals surface area contributed by atoms with E-state index in [0.29, 0.717) is 29.7 Å². The van der Waals surface area contributed by atoms with Crippen molar-refractivity contribution in [1.82, 2.24) is 10.2 Å². The third-order valence-electron chi connectivity index (χ3n) is 8.82. The van der Waals surface area contributed by atoms with E-state index >= 15 is 0 Å². The Bertz CT molecular complexity index is 1510. The van der Waals surface area contributed by atoms with Crippen molar-refractivity contribution in [3.8, 4) is 0 Å². The maximum absolute atomic E-state index is 13.6. The summed E-state index contributed by atoms with van der Waals surface area (Å²) in [5.74, 6) is -0.423. The number of ketones is 1. The van der Waals surface area contributed by atoms with E-state index < -0.39 is 24.4 Å². The molecule has 2 heterocycles. The van der Waals surface area contributed by atoms with Gasteiger partial charge in [-0.1, -0.05) is 57.2 Å². The van der Waals surface area contributed by atoms with E-state index in [-0.39, 0.29) is 42.5 Å². The second-order valence-corrected chi connectivity index (χ2v) is 12.4. The molecule has 0 aromatic heterocycles. The van der Waals surface area contributed by atoms with E-state index in [2.05, 4.69) is 5.32 Å². The van der Waals surface area contributed by atoms with Crippen LogP contribution in [0.15, 0.2) is 60.3 Å². The Hall–Kier alpha value is -4.24. The number of anilines is 1. The van der Waals surface area contributed by atoms with Gasteiger partial charge in [-0.15, -0.1) is 0 Å². The summed E-state index contributed by atoms with van der Waals surface area (Å²) in [5, 5.41) is 14.4. The number of Topliss-reactive ketones (excluding diaryl/α,β-unsaturated/α-hetero) is 1. The summed E-state index contributed by atoms with van der Waals surface area (Å²) in [6.07, 6.45) is 4.67. The van der Waals surface area contributed by atoms with Gasteiger partial charge in [0.1, 0.15) is 6.61 Å². The summed E-state index contributed by atoms with van der Waals surface area (Å²) in [6.45, 7) is 13.3. The topological polar surface area (TPSA) is 116 Å². The van der Waals surface area contributed by atoms with Crippen LogP contribution in [0, 0.1) is 25.7 Å². The van der Waals surface area contributed by atoms with Gasteiger partial charge in [0, 0.05) is 18.5 Å². The van der Waals surface area contributed by atoms with Gasteiger partial charge in [0.15, 0.2) is 12.0 Å². The van der Waals surface area contributed by atoms with Crippen LogP contribution in [0.25, 0.3) is 0 Å². The number of amides is 3. The third-order valence-corrected chi connectivity index (χ3v) is 8.82. The molecular weight excluding hydrogens is 570 g/mol. The van der Waals surface area contributed by atoms with Gasteiger partial charge < -0.3 is 20.1 Å². The highest BCUT2D eigenvalue weighted by Crippen LogP contribution is 2.38. The summed E-state index contributed by atoms with van der Waals surface area (Å²) in [7, 11) is 0. The number of allylic oxidation sites excluding steroid dienone is 2. The predicted molar refractivity (Wildman–Crippen MR) is 173 cm³/mol. The average Bonchev–Trinajstić information content (AvgIpc) is 3.39. The van der Waals surface area contributed by atoms with E-state index in [1.165, 1.54) is 9.80 Å². The van der Waals surface area contributed by atoms with Crippen LogP contribution in [0.5, 0.6) is 0 Å². The fourth-order valence-corrected chi connectivity index (χ4v) is 5.96. The minimum atomic E-state index is -1.33. The molecule has 0 bridgehead atoms. The lowest BCUT2D eigenvalue weighted by Gasteiger charge is -2.31. The molecule has 2 aliphatic heterocycles. The van der Waals surface area contributed by atoms with Crippen molar-refractivity contribution in [2.75, 3.05) is 4.90 Å². The Morgan fingerprint density at radius 2 is 1.71 bits per heavy atom. The molecule has 2 N–H and O–H groups in total. The van der Waals surface area contributed by atoms with Crippen molar-refractivity contribution in [2.24, 2.45) is 11.8 Å². The van der Waals surface area contributed by atoms with Crippen LogP contribution in [-0.2, 0) is 27.4 Å². The second kappa shape index (κ2) is 14.2. The predicted octanol–water partition coefficient (Wildman–Crippen LogP) is 5.75. The Kier molecular flexibility index (Phi) is 10.7. The molecule has 2 aromatic rings. The van der Waals surface area contributed by atoms with Crippen molar-refractivity contribution in [3.63, 3.8) is 0 Å². The molecule has 2 aromatic carbocycles. The van der Waals surface area contributed by atoms with Gasteiger partial charge in [-0.2, -0.15) is 0 Å². The minimum Gasteiger partial charge on any atom is -0.444 e. The van der Waals surface area contributed by atoms with Gasteiger partial charge in [0.25, 0.3) is 5.91 Å². The molecule has 2 aliphatic rings. The van der Waals surface area contributed by atoms with E-state index in [1.807, 2.05) is 53.7 Å². The number of ether oxygens (including phenoxy) is 1. The van der Waals surface area contributed by atoms with E-state index in [0.717, 1.165) is 22.3 Å². The Morgan fingerprint density at radius 1 is 1.07 bits per heavy atom. The first kappa shape index (κ1) is 33.6. The third kappa shape index (κ3) is 7.36. The smallest absolute Gasteiger partial charge is 0.416 e. The number of aryl methyl sites for hydroxylation is 2. The zero-order valence-corrected chi connectivity index (χ0v) is 27.3. The van der Waals surface area contributed by atoms with Crippen LogP contribution < -0.4 is 10.2 Å². The number of rotatable bonds is 10. The molecule has 0 saturated carbocycles. The molecule has 0 radical (unpaired) electrons. The fourth-order valence-electron chi connectivity index (χ4n) is 5.96. The number of carbonyl (C=O) groups excluding carboxylic acids is 4. The van der Waals surface area contributed by atoms with Crippen LogP contribution in [0.3, 0.4) is 0 Å². The number of aliphatic hydroxyl groups is 1. The summed E-state index contributed by atoms with van der Waals surface area (Å²) in [4.78, 5) is 55.3. The van der Waals surface area contributed by atoms with E-state index in [9.17, 15) is 24.3 Å². The highest BCUT2D eigenvalue weighted by atomic mass is 16.6. The molecule has 9 nitrogen and oxygen atoms in total. The molecule has 240 valence electrons. The maximum atomic E-state index is 13.6. The van der Waals surface area contributed by atoms with E-state index in [1.54, 1.807) is 49.5 Å². The molecular formula is C36H45N3O6. The minimum absolute atomic E-state index is 0.0685.